The van der Waals surface area contributed by atoms with Crippen LogP contribution in [0, 0.1) is 13.8 Å². The second-order valence-corrected chi connectivity index (χ2v) is 4.08. The highest BCUT2D eigenvalue weighted by atomic mass is 32.1. The van der Waals surface area contributed by atoms with E-state index in [0.717, 1.165) is 21.3 Å². The Balaban J connectivity index is 2.93. The smallest absolute Gasteiger partial charge is 0.337 e. The van der Waals surface area contributed by atoms with Gasteiger partial charge in [-0.05, 0) is 25.0 Å². The van der Waals surface area contributed by atoms with Crippen molar-refractivity contribution in [2.45, 2.75) is 13.8 Å². The summed E-state index contributed by atoms with van der Waals surface area (Å²) in [7, 11) is 0. The van der Waals surface area contributed by atoms with E-state index in [-0.39, 0.29) is 0 Å². The highest BCUT2D eigenvalue weighted by Gasteiger charge is 2.15. The lowest BCUT2D eigenvalue weighted by molar-refractivity contribution is 0.0698. The fourth-order valence-electron chi connectivity index (χ4n) is 1.61. The molecule has 0 bridgehead atoms. The summed E-state index contributed by atoms with van der Waals surface area (Å²) in [4.78, 5) is 15.2. The second kappa shape index (κ2) is 3.06. The van der Waals surface area contributed by atoms with Crippen molar-refractivity contribution >= 4 is 27.5 Å². The summed E-state index contributed by atoms with van der Waals surface area (Å²) in [5.41, 5.74) is 4.70. The van der Waals surface area contributed by atoms with E-state index in [1.807, 2.05) is 19.9 Å². The number of hydrogen-bond acceptors (Lipinski definition) is 3. The van der Waals surface area contributed by atoms with Gasteiger partial charge < -0.3 is 5.11 Å². The normalized spacial score (nSPS) is 10.7. The quantitative estimate of drug-likeness (QED) is 0.782. The van der Waals surface area contributed by atoms with E-state index in [2.05, 4.69) is 4.98 Å². The van der Waals surface area contributed by atoms with Crippen LogP contribution in [0.4, 0.5) is 0 Å². The zero-order valence-corrected chi connectivity index (χ0v) is 8.68. The van der Waals surface area contributed by atoms with Crippen LogP contribution in [0.3, 0.4) is 0 Å². The van der Waals surface area contributed by atoms with E-state index in [1.54, 1.807) is 5.51 Å². The fourth-order valence-corrected chi connectivity index (χ4v) is 2.57. The minimum Gasteiger partial charge on any atom is -0.478 e. The van der Waals surface area contributed by atoms with Crippen LogP contribution in [0.2, 0.25) is 0 Å². The summed E-state index contributed by atoms with van der Waals surface area (Å²) in [5.74, 6) is -0.878. The maximum absolute atomic E-state index is 11.0. The lowest BCUT2D eigenvalue weighted by atomic mass is 10.0. The molecule has 0 aliphatic heterocycles. The van der Waals surface area contributed by atoms with Gasteiger partial charge in [0.1, 0.15) is 0 Å². The summed E-state index contributed by atoms with van der Waals surface area (Å²) in [5, 5.41) is 9.05. The minimum absolute atomic E-state index is 0.383. The molecule has 4 heteroatoms. The summed E-state index contributed by atoms with van der Waals surface area (Å²) in [6, 6.07) is 1.87. The van der Waals surface area contributed by atoms with Gasteiger partial charge in [-0.25, -0.2) is 9.78 Å². The molecule has 72 valence electrons. The van der Waals surface area contributed by atoms with Gasteiger partial charge in [-0.3, -0.25) is 0 Å². The zero-order chi connectivity index (χ0) is 10.3. The number of hydrogen-bond donors (Lipinski definition) is 1. The molecule has 3 nitrogen and oxygen atoms in total. The number of nitrogens with zero attached hydrogens (tertiary/aromatic N) is 1. The molecule has 1 aromatic carbocycles. The molecule has 0 saturated carbocycles. The third-order valence-corrected chi connectivity index (χ3v) is 3.05. The van der Waals surface area contributed by atoms with E-state index in [4.69, 9.17) is 5.11 Å². The Bertz CT molecular complexity index is 516. The molecule has 1 heterocycles. The molecular weight excluding hydrogens is 198 g/mol. The number of carboxylic acids is 1. The SMILES string of the molecule is Cc1cc(C)c2ncsc2c1C(=O)O. The van der Waals surface area contributed by atoms with Gasteiger partial charge in [0, 0.05) is 0 Å². The van der Waals surface area contributed by atoms with Gasteiger partial charge in [0.05, 0.1) is 21.3 Å². The maximum Gasteiger partial charge on any atom is 0.337 e. The van der Waals surface area contributed by atoms with Gasteiger partial charge in [-0.1, -0.05) is 6.07 Å². The van der Waals surface area contributed by atoms with Crippen molar-refractivity contribution in [2.75, 3.05) is 0 Å². The Hall–Kier alpha value is -1.42. The first-order valence-electron chi connectivity index (χ1n) is 4.18. The molecule has 0 aliphatic rings. The summed E-state index contributed by atoms with van der Waals surface area (Å²) >= 11 is 1.38. The molecule has 0 atom stereocenters. The molecule has 14 heavy (non-hydrogen) atoms. The van der Waals surface area contributed by atoms with E-state index >= 15 is 0 Å². The van der Waals surface area contributed by atoms with Gasteiger partial charge in [-0.15, -0.1) is 11.3 Å². The number of benzene rings is 1. The average molecular weight is 207 g/mol. The van der Waals surface area contributed by atoms with Crippen LogP contribution in [-0.4, -0.2) is 16.1 Å². The van der Waals surface area contributed by atoms with Crippen LogP contribution < -0.4 is 0 Å². The van der Waals surface area contributed by atoms with Crippen molar-refractivity contribution in [3.8, 4) is 0 Å². The van der Waals surface area contributed by atoms with Crippen molar-refractivity contribution in [2.24, 2.45) is 0 Å². The first-order chi connectivity index (χ1) is 6.61. The number of carboxylic acid groups (broad SMARTS) is 1. The number of aromatic carboxylic acids is 1. The van der Waals surface area contributed by atoms with Gasteiger partial charge in [0.25, 0.3) is 0 Å². The van der Waals surface area contributed by atoms with Crippen molar-refractivity contribution < 1.29 is 9.90 Å². The first kappa shape index (κ1) is 9.15. The maximum atomic E-state index is 11.0. The summed E-state index contributed by atoms with van der Waals surface area (Å²) in [6.45, 7) is 3.76. The van der Waals surface area contributed by atoms with Crippen molar-refractivity contribution in [3.05, 3.63) is 28.3 Å². The van der Waals surface area contributed by atoms with Crippen molar-refractivity contribution in [1.29, 1.82) is 0 Å². The Morgan fingerprint density at radius 2 is 2.14 bits per heavy atom. The van der Waals surface area contributed by atoms with Gasteiger partial charge >= 0.3 is 5.97 Å². The number of aromatic nitrogens is 1. The molecule has 2 aromatic rings. The Kier molecular flexibility index (Phi) is 2.00. The number of aryl methyl sites for hydroxylation is 2. The predicted octanol–water partition coefficient (Wildman–Crippen LogP) is 2.61. The number of rotatable bonds is 1. The molecule has 2 rings (SSSR count). The van der Waals surface area contributed by atoms with E-state index in [1.165, 1.54) is 11.3 Å². The topological polar surface area (TPSA) is 50.2 Å². The average Bonchev–Trinajstić information content (AvgIpc) is 2.51. The van der Waals surface area contributed by atoms with Crippen molar-refractivity contribution in [1.82, 2.24) is 4.98 Å². The Labute approximate surface area is 85.0 Å². The Morgan fingerprint density at radius 3 is 2.79 bits per heavy atom. The molecule has 0 saturated heterocycles. The molecule has 1 aromatic heterocycles. The van der Waals surface area contributed by atoms with Crippen LogP contribution in [0.15, 0.2) is 11.6 Å². The molecule has 0 radical (unpaired) electrons. The summed E-state index contributed by atoms with van der Waals surface area (Å²) < 4.78 is 0.773. The Morgan fingerprint density at radius 1 is 1.43 bits per heavy atom. The number of carbonyl (C=O) groups is 1. The van der Waals surface area contributed by atoms with Gasteiger partial charge in [-0.2, -0.15) is 0 Å². The second-order valence-electron chi connectivity index (χ2n) is 3.22. The number of fused-ring (bicyclic) bond motifs is 1. The molecular formula is C10H9NO2S. The standard InChI is InChI=1S/C10H9NO2S/c1-5-3-6(2)8-9(14-4-11-8)7(5)10(12)13/h3-4H,1-2H3,(H,12,13). The predicted molar refractivity (Wildman–Crippen MR) is 56.1 cm³/mol. The van der Waals surface area contributed by atoms with Gasteiger partial charge in [0.15, 0.2) is 0 Å². The van der Waals surface area contributed by atoms with Crippen LogP contribution >= 0.6 is 11.3 Å². The van der Waals surface area contributed by atoms with Crippen LogP contribution in [-0.2, 0) is 0 Å². The third kappa shape index (κ3) is 1.19. The van der Waals surface area contributed by atoms with E-state index < -0.39 is 5.97 Å². The third-order valence-electron chi connectivity index (χ3n) is 2.21. The largest absolute Gasteiger partial charge is 0.478 e. The minimum atomic E-state index is -0.878. The lowest BCUT2D eigenvalue weighted by Gasteiger charge is -2.03. The molecule has 0 spiro atoms. The fraction of sp³-hybridized carbons (Fsp3) is 0.200. The number of thiazole rings is 1. The lowest BCUT2D eigenvalue weighted by Crippen LogP contribution is -2.00. The van der Waals surface area contributed by atoms with E-state index in [0.29, 0.717) is 5.56 Å². The first-order valence-corrected chi connectivity index (χ1v) is 5.06. The van der Waals surface area contributed by atoms with Crippen LogP contribution in [0.25, 0.3) is 10.2 Å². The zero-order valence-electron chi connectivity index (χ0n) is 7.87. The van der Waals surface area contributed by atoms with E-state index in [9.17, 15) is 4.79 Å². The molecule has 0 aliphatic carbocycles. The molecule has 0 fully saturated rings. The van der Waals surface area contributed by atoms with Crippen molar-refractivity contribution in [3.63, 3.8) is 0 Å². The highest BCUT2D eigenvalue weighted by molar-refractivity contribution is 7.17. The highest BCUT2D eigenvalue weighted by Crippen LogP contribution is 2.28. The van der Waals surface area contributed by atoms with Gasteiger partial charge in [0.2, 0.25) is 0 Å². The van der Waals surface area contributed by atoms with Crippen LogP contribution in [0.5, 0.6) is 0 Å². The molecule has 1 N–H and O–H groups in total. The molecule has 0 amide bonds. The van der Waals surface area contributed by atoms with Crippen LogP contribution in [0.1, 0.15) is 21.5 Å². The monoisotopic (exact) mass is 207 g/mol. The molecule has 0 unspecified atom stereocenters. The summed E-state index contributed by atoms with van der Waals surface area (Å²) in [6.07, 6.45) is 0.